The zero-order chi connectivity index (χ0) is 17.8. The van der Waals surface area contributed by atoms with Gasteiger partial charge in [0.05, 0.1) is 19.7 Å². The Kier molecular flexibility index (Phi) is 5.00. The topological polar surface area (TPSA) is 42.3 Å². The van der Waals surface area contributed by atoms with Crippen molar-refractivity contribution in [1.82, 2.24) is 19.8 Å². The first-order chi connectivity index (χ1) is 12.9. The summed E-state index contributed by atoms with van der Waals surface area (Å²) in [6.45, 7) is 3.67. The summed E-state index contributed by atoms with van der Waals surface area (Å²) in [5.41, 5.74) is 2.36. The number of hydrogen-bond donors (Lipinski definition) is 1. The maximum absolute atomic E-state index is 5.60. The molecule has 0 aliphatic carbocycles. The van der Waals surface area contributed by atoms with Gasteiger partial charge in [-0.2, -0.15) is 0 Å². The van der Waals surface area contributed by atoms with Crippen LogP contribution in [0.5, 0.6) is 5.75 Å². The molecule has 0 amide bonds. The minimum absolute atomic E-state index is 0.265. The molecule has 5 nitrogen and oxygen atoms in total. The third-order valence-electron chi connectivity index (χ3n) is 4.95. The lowest BCUT2D eigenvalue weighted by atomic mass is 10.0. The molecule has 26 heavy (non-hydrogen) atoms. The van der Waals surface area contributed by atoms with Crippen molar-refractivity contribution >= 4 is 0 Å². The highest BCUT2D eigenvalue weighted by Gasteiger charge is 2.27. The van der Waals surface area contributed by atoms with Crippen LogP contribution in [-0.4, -0.2) is 41.2 Å². The highest BCUT2D eigenvalue weighted by Crippen LogP contribution is 2.31. The monoisotopic (exact) mass is 348 g/mol. The fraction of sp³-hybridized carbons (Fsp3) is 0.286. The largest absolute Gasteiger partial charge is 0.496 e. The van der Waals surface area contributed by atoms with Gasteiger partial charge in [0.1, 0.15) is 11.6 Å². The van der Waals surface area contributed by atoms with Gasteiger partial charge < -0.3 is 14.6 Å². The molecule has 1 fully saturated rings. The van der Waals surface area contributed by atoms with E-state index in [1.807, 2.05) is 30.6 Å². The minimum atomic E-state index is 0.265. The molecule has 1 unspecified atom stereocenters. The van der Waals surface area contributed by atoms with E-state index in [2.05, 4.69) is 56.2 Å². The third-order valence-corrected chi connectivity index (χ3v) is 4.95. The number of imidazole rings is 1. The lowest BCUT2D eigenvalue weighted by Crippen LogP contribution is -2.45. The summed E-state index contributed by atoms with van der Waals surface area (Å²) in [6, 6.07) is 18.9. The van der Waals surface area contributed by atoms with Crippen molar-refractivity contribution in [3.05, 3.63) is 78.4 Å². The Balaban J connectivity index is 1.62. The van der Waals surface area contributed by atoms with Crippen molar-refractivity contribution in [3.8, 4) is 11.4 Å². The van der Waals surface area contributed by atoms with Crippen LogP contribution in [0.15, 0.2) is 67.0 Å². The standard InChI is InChI=1S/C21H24N4O/c1-26-20-10-6-5-9-18(20)19-15-22-11-13-24(19)16-21-23-12-14-25(21)17-7-3-2-4-8-17/h2-10,12,14,19,22H,11,13,15-16H2,1H3. The lowest BCUT2D eigenvalue weighted by Gasteiger charge is -2.36. The summed E-state index contributed by atoms with van der Waals surface area (Å²) >= 11 is 0. The number of rotatable bonds is 5. The van der Waals surface area contributed by atoms with Gasteiger partial charge in [-0.3, -0.25) is 4.90 Å². The molecule has 134 valence electrons. The Hall–Kier alpha value is -2.63. The van der Waals surface area contributed by atoms with Crippen LogP contribution in [0.1, 0.15) is 17.4 Å². The third kappa shape index (κ3) is 3.36. The highest BCUT2D eigenvalue weighted by molar-refractivity contribution is 5.37. The second-order valence-corrected chi connectivity index (χ2v) is 6.48. The number of ether oxygens (including phenoxy) is 1. The molecule has 1 N–H and O–H groups in total. The number of benzene rings is 2. The second-order valence-electron chi connectivity index (χ2n) is 6.48. The molecule has 5 heteroatoms. The van der Waals surface area contributed by atoms with Crippen LogP contribution in [0.3, 0.4) is 0 Å². The van der Waals surface area contributed by atoms with Crippen molar-refractivity contribution < 1.29 is 4.74 Å². The SMILES string of the molecule is COc1ccccc1C1CNCCN1Cc1nccn1-c1ccccc1. The minimum Gasteiger partial charge on any atom is -0.496 e. The van der Waals surface area contributed by atoms with E-state index in [0.717, 1.165) is 43.4 Å². The number of hydrogen-bond acceptors (Lipinski definition) is 4. The van der Waals surface area contributed by atoms with E-state index in [9.17, 15) is 0 Å². The summed E-state index contributed by atoms with van der Waals surface area (Å²) in [5, 5.41) is 3.52. The number of methoxy groups -OCH3 is 1. The van der Waals surface area contributed by atoms with Crippen molar-refractivity contribution in [2.75, 3.05) is 26.7 Å². The van der Waals surface area contributed by atoms with Crippen LogP contribution in [0, 0.1) is 0 Å². The van der Waals surface area contributed by atoms with E-state index < -0.39 is 0 Å². The van der Waals surface area contributed by atoms with E-state index in [-0.39, 0.29) is 6.04 Å². The summed E-state index contributed by atoms with van der Waals surface area (Å²) in [7, 11) is 1.74. The number of piperazine rings is 1. The summed E-state index contributed by atoms with van der Waals surface area (Å²) in [6.07, 6.45) is 3.91. The first-order valence-electron chi connectivity index (χ1n) is 9.02. The van der Waals surface area contributed by atoms with Gasteiger partial charge in [-0.15, -0.1) is 0 Å². The Bertz CT molecular complexity index is 846. The molecule has 2 aromatic carbocycles. The average molecular weight is 348 g/mol. The van der Waals surface area contributed by atoms with Gasteiger partial charge in [0, 0.05) is 43.3 Å². The smallest absolute Gasteiger partial charge is 0.127 e. The van der Waals surface area contributed by atoms with Gasteiger partial charge in [0.25, 0.3) is 0 Å². The zero-order valence-corrected chi connectivity index (χ0v) is 15.0. The predicted octanol–water partition coefficient (Wildman–Crippen LogP) is 3.03. The molecule has 0 bridgehead atoms. The second kappa shape index (κ2) is 7.72. The molecule has 2 heterocycles. The molecule has 1 aromatic heterocycles. The molecule has 1 saturated heterocycles. The van der Waals surface area contributed by atoms with Crippen LogP contribution in [0.4, 0.5) is 0 Å². The molecular formula is C21H24N4O. The van der Waals surface area contributed by atoms with Gasteiger partial charge in [-0.05, 0) is 18.2 Å². The van der Waals surface area contributed by atoms with Gasteiger partial charge in [0.15, 0.2) is 0 Å². The van der Waals surface area contributed by atoms with E-state index in [1.165, 1.54) is 5.56 Å². The molecule has 3 aromatic rings. The summed E-state index contributed by atoms with van der Waals surface area (Å²) < 4.78 is 7.77. The highest BCUT2D eigenvalue weighted by atomic mass is 16.5. The van der Waals surface area contributed by atoms with E-state index in [4.69, 9.17) is 4.74 Å². The quantitative estimate of drug-likeness (QED) is 0.770. The van der Waals surface area contributed by atoms with Gasteiger partial charge in [0.2, 0.25) is 0 Å². The van der Waals surface area contributed by atoms with Gasteiger partial charge in [-0.1, -0.05) is 36.4 Å². The molecule has 4 rings (SSSR count). The Morgan fingerprint density at radius 3 is 2.77 bits per heavy atom. The van der Waals surface area contributed by atoms with Crippen molar-refractivity contribution in [2.24, 2.45) is 0 Å². The number of para-hydroxylation sites is 2. The maximum Gasteiger partial charge on any atom is 0.127 e. The fourth-order valence-electron chi connectivity index (χ4n) is 3.64. The first kappa shape index (κ1) is 16.8. The van der Waals surface area contributed by atoms with Gasteiger partial charge in [-0.25, -0.2) is 4.98 Å². The van der Waals surface area contributed by atoms with Crippen molar-refractivity contribution in [1.29, 1.82) is 0 Å². The molecule has 0 spiro atoms. The Morgan fingerprint density at radius 1 is 1.12 bits per heavy atom. The Labute approximate surface area is 154 Å². The number of nitrogens with zero attached hydrogens (tertiary/aromatic N) is 3. The van der Waals surface area contributed by atoms with Crippen LogP contribution in [-0.2, 0) is 6.54 Å². The first-order valence-corrected chi connectivity index (χ1v) is 9.02. The van der Waals surface area contributed by atoms with Gasteiger partial charge >= 0.3 is 0 Å². The van der Waals surface area contributed by atoms with E-state index in [1.54, 1.807) is 7.11 Å². The predicted molar refractivity (Wildman–Crippen MR) is 103 cm³/mol. The number of nitrogens with one attached hydrogen (secondary N) is 1. The maximum atomic E-state index is 5.60. The van der Waals surface area contributed by atoms with Crippen LogP contribution in [0.25, 0.3) is 5.69 Å². The molecular weight excluding hydrogens is 324 g/mol. The summed E-state index contributed by atoms with van der Waals surface area (Å²) in [4.78, 5) is 7.11. The molecule has 1 atom stereocenters. The van der Waals surface area contributed by atoms with E-state index >= 15 is 0 Å². The average Bonchev–Trinajstić information content (AvgIpc) is 3.17. The summed E-state index contributed by atoms with van der Waals surface area (Å²) in [5.74, 6) is 2.00. The normalized spacial score (nSPS) is 18.0. The Morgan fingerprint density at radius 2 is 1.92 bits per heavy atom. The van der Waals surface area contributed by atoms with Crippen molar-refractivity contribution in [3.63, 3.8) is 0 Å². The molecule has 0 saturated carbocycles. The van der Waals surface area contributed by atoms with Crippen LogP contribution in [0.2, 0.25) is 0 Å². The lowest BCUT2D eigenvalue weighted by molar-refractivity contribution is 0.146. The molecule has 0 radical (unpaired) electrons. The van der Waals surface area contributed by atoms with Crippen molar-refractivity contribution in [2.45, 2.75) is 12.6 Å². The van der Waals surface area contributed by atoms with E-state index in [0.29, 0.717) is 0 Å². The molecule has 1 aliphatic rings. The zero-order valence-electron chi connectivity index (χ0n) is 15.0. The van der Waals surface area contributed by atoms with Crippen LogP contribution >= 0.6 is 0 Å². The number of aromatic nitrogens is 2. The fourth-order valence-corrected chi connectivity index (χ4v) is 3.64. The van der Waals surface area contributed by atoms with Crippen LogP contribution < -0.4 is 10.1 Å². The molecule has 1 aliphatic heterocycles.